The van der Waals surface area contributed by atoms with E-state index in [-0.39, 0.29) is 11.4 Å². The number of nitro groups is 1. The Morgan fingerprint density at radius 3 is 2.09 bits per heavy atom. The lowest BCUT2D eigenvalue weighted by molar-refractivity contribution is -0.384. The molecule has 196 valence electrons. The molecule has 0 bridgehead atoms. The largest absolute Gasteiger partial charge is 0.463 e. The van der Waals surface area contributed by atoms with Crippen LogP contribution in [-0.4, -0.2) is 116 Å². The Kier molecular flexibility index (Phi) is 8.92. The second kappa shape index (κ2) is 11.5. The molecule has 0 saturated carbocycles. The minimum Gasteiger partial charge on any atom is -0.463 e. The number of carbonyl (C=O) groups is 1. The van der Waals surface area contributed by atoms with Gasteiger partial charge in [0.25, 0.3) is 5.69 Å². The molecule has 2 heterocycles. The fourth-order valence-electron chi connectivity index (χ4n) is 3.83. The van der Waals surface area contributed by atoms with Crippen molar-refractivity contribution in [2.24, 2.45) is 0 Å². The summed E-state index contributed by atoms with van der Waals surface area (Å²) in [7, 11) is 0. The van der Waals surface area contributed by atoms with Gasteiger partial charge in [0, 0.05) is 19.1 Å². The van der Waals surface area contributed by atoms with Gasteiger partial charge < -0.3 is 54.9 Å². The van der Waals surface area contributed by atoms with E-state index < -0.39 is 85.4 Å². The van der Waals surface area contributed by atoms with E-state index in [9.17, 15) is 45.5 Å². The lowest BCUT2D eigenvalue weighted by Gasteiger charge is -2.47. The highest BCUT2D eigenvalue weighted by Crippen LogP contribution is 2.31. The predicted molar refractivity (Wildman–Crippen MR) is 112 cm³/mol. The lowest BCUT2D eigenvalue weighted by atomic mass is 9.95. The molecule has 0 spiro atoms. The summed E-state index contributed by atoms with van der Waals surface area (Å²) in [6.07, 6.45) is -13.9. The van der Waals surface area contributed by atoms with Crippen LogP contribution < -0.4 is 10.1 Å². The number of carbonyl (C=O) groups excluding carboxylic acids is 1. The van der Waals surface area contributed by atoms with Gasteiger partial charge in [0.15, 0.2) is 6.29 Å². The summed E-state index contributed by atoms with van der Waals surface area (Å²) < 4.78 is 22.3. The third-order valence-electron chi connectivity index (χ3n) is 5.66. The SMILES string of the molecule is CC(=O)N[C@H]1[C@@H](Oc2ccc([N+](=O)[O-])cc2)O[C@H](CO)[C@H](O)[C@@H]1O[C@H]1O[C@H](CO)[C@H](O)[C@H](O)[C@H]1O. The molecule has 2 aliphatic rings. The highest BCUT2D eigenvalue weighted by molar-refractivity contribution is 5.73. The number of aliphatic hydroxyl groups excluding tert-OH is 6. The summed E-state index contributed by atoms with van der Waals surface area (Å²) in [5, 5.41) is 73.6. The van der Waals surface area contributed by atoms with Crippen molar-refractivity contribution >= 4 is 11.6 Å². The molecular weight excluding hydrogens is 476 g/mol. The second-order valence-electron chi connectivity index (χ2n) is 8.11. The van der Waals surface area contributed by atoms with Gasteiger partial charge in [-0.2, -0.15) is 0 Å². The van der Waals surface area contributed by atoms with Crippen molar-refractivity contribution in [1.29, 1.82) is 0 Å². The van der Waals surface area contributed by atoms with E-state index in [1.54, 1.807) is 0 Å². The van der Waals surface area contributed by atoms with Crippen LogP contribution in [0.5, 0.6) is 5.75 Å². The first kappa shape index (κ1) is 27.1. The van der Waals surface area contributed by atoms with Gasteiger partial charge in [-0.05, 0) is 12.1 Å². The maximum Gasteiger partial charge on any atom is 0.269 e. The molecule has 0 radical (unpaired) electrons. The summed E-state index contributed by atoms with van der Waals surface area (Å²) >= 11 is 0. The van der Waals surface area contributed by atoms with Crippen molar-refractivity contribution in [3.63, 3.8) is 0 Å². The number of benzene rings is 1. The molecule has 1 aromatic carbocycles. The topological polar surface area (TPSA) is 231 Å². The van der Waals surface area contributed by atoms with E-state index in [0.29, 0.717) is 0 Å². The summed E-state index contributed by atoms with van der Waals surface area (Å²) in [5.41, 5.74) is -0.201. The van der Waals surface area contributed by atoms with Gasteiger partial charge in [0.05, 0.1) is 18.1 Å². The number of hydrogen-bond donors (Lipinski definition) is 7. The fourth-order valence-corrected chi connectivity index (χ4v) is 3.83. The molecule has 1 amide bonds. The number of nitro benzene ring substituents is 1. The van der Waals surface area contributed by atoms with E-state index in [2.05, 4.69) is 5.32 Å². The number of amides is 1. The molecule has 2 saturated heterocycles. The molecular formula is C20H28N2O13. The van der Waals surface area contributed by atoms with Crippen LogP contribution in [-0.2, 0) is 19.0 Å². The van der Waals surface area contributed by atoms with Crippen molar-refractivity contribution < 1.29 is 59.3 Å². The Morgan fingerprint density at radius 1 is 0.971 bits per heavy atom. The van der Waals surface area contributed by atoms with Crippen LogP contribution in [0.4, 0.5) is 5.69 Å². The fraction of sp³-hybridized carbons (Fsp3) is 0.650. The van der Waals surface area contributed by atoms with Gasteiger partial charge in [0.1, 0.15) is 54.5 Å². The van der Waals surface area contributed by atoms with E-state index in [0.717, 1.165) is 0 Å². The Hall–Kier alpha value is -2.47. The minimum atomic E-state index is -1.80. The highest BCUT2D eigenvalue weighted by atomic mass is 16.7. The smallest absolute Gasteiger partial charge is 0.269 e. The molecule has 2 fully saturated rings. The average molecular weight is 504 g/mol. The van der Waals surface area contributed by atoms with Gasteiger partial charge in [-0.3, -0.25) is 14.9 Å². The first-order valence-electron chi connectivity index (χ1n) is 10.7. The van der Waals surface area contributed by atoms with Gasteiger partial charge in [-0.25, -0.2) is 0 Å². The molecule has 35 heavy (non-hydrogen) atoms. The average Bonchev–Trinajstić information content (AvgIpc) is 2.82. The van der Waals surface area contributed by atoms with Crippen LogP contribution in [0.25, 0.3) is 0 Å². The summed E-state index contributed by atoms with van der Waals surface area (Å²) in [4.78, 5) is 22.2. The van der Waals surface area contributed by atoms with E-state index in [1.807, 2.05) is 0 Å². The highest BCUT2D eigenvalue weighted by Gasteiger charge is 2.52. The van der Waals surface area contributed by atoms with Crippen molar-refractivity contribution in [3.8, 4) is 5.75 Å². The molecule has 7 N–H and O–H groups in total. The number of nitrogens with zero attached hydrogens (tertiary/aromatic N) is 1. The van der Waals surface area contributed by atoms with Gasteiger partial charge in [-0.1, -0.05) is 0 Å². The second-order valence-corrected chi connectivity index (χ2v) is 8.11. The van der Waals surface area contributed by atoms with Crippen molar-refractivity contribution in [2.45, 2.75) is 68.3 Å². The molecule has 10 atom stereocenters. The van der Waals surface area contributed by atoms with Crippen LogP contribution >= 0.6 is 0 Å². The van der Waals surface area contributed by atoms with Crippen molar-refractivity contribution in [1.82, 2.24) is 5.32 Å². The van der Waals surface area contributed by atoms with E-state index in [1.165, 1.54) is 31.2 Å². The molecule has 1 aromatic rings. The van der Waals surface area contributed by atoms with Crippen LogP contribution in [0.3, 0.4) is 0 Å². The number of ether oxygens (including phenoxy) is 4. The Morgan fingerprint density at radius 2 is 1.54 bits per heavy atom. The van der Waals surface area contributed by atoms with Gasteiger partial charge in [-0.15, -0.1) is 0 Å². The molecule has 15 heteroatoms. The summed E-state index contributed by atoms with van der Waals surface area (Å²) in [6.45, 7) is -0.262. The maximum absolute atomic E-state index is 11.9. The summed E-state index contributed by atoms with van der Waals surface area (Å²) in [5.74, 6) is -0.497. The third-order valence-corrected chi connectivity index (χ3v) is 5.66. The first-order chi connectivity index (χ1) is 16.6. The number of aliphatic hydroxyl groups is 6. The Labute approximate surface area is 198 Å². The normalized spacial score (nSPS) is 37.5. The van der Waals surface area contributed by atoms with Crippen LogP contribution in [0, 0.1) is 10.1 Å². The molecule has 15 nitrogen and oxygen atoms in total. The van der Waals surface area contributed by atoms with Gasteiger partial charge in [0.2, 0.25) is 12.2 Å². The van der Waals surface area contributed by atoms with E-state index in [4.69, 9.17) is 18.9 Å². The van der Waals surface area contributed by atoms with Crippen molar-refractivity contribution in [2.75, 3.05) is 13.2 Å². The monoisotopic (exact) mass is 504 g/mol. The molecule has 2 aliphatic heterocycles. The zero-order valence-electron chi connectivity index (χ0n) is 18.5. The molecule has 0 aliphatic carbocycles. The van der Waals surface area contributed by atoms with Crippen LogP contribution in [0.15, 0.2) is 24.3 Å². The van der Waals surface area contributed by atoms with Gasteiger partial charge >= 0.3 is 0 Å². The van der Waals surface area contributed by atoms with Crippen LogP contribution in [0.1, 0.15) is 6.92 Å². The number of rotatable bonds is 8. The van der Waals surface area contributed by atoms with Crippen LogP contribution in [0.2, 0.25) is 0 Å². The quantitative estimate of drug-likeness (QED) is 0.136. The first-order valence-corrected chi connectivity index (χ1v) is 10.7. The third kappa shape index (κ3) is 6.03. The standard InChI is InChI=1S/C20H28N2O13/c1-8(25)21-13-18(35-20-17(29)16(28)14(26)11(6-23)34-20)15(27)12(7-24)33-19(13)32-10-4-2-9(3-5-10)22(30)31/h2-5,11-20,23-24,26-29H,6-7H2,1H3,(H,21,25)/t11-,12-,13-,14+,15+,16+,17-,18-,19+,20-/m1/s1. The predicted octanol–water partition coefficient (Wildman–Crippen LogP) is -3.26. The van der Waals surface area contributed by atoms with E-state index >= 15 is 0 Å². The maximum atomic E-state index is 11.9. The minimum absolute atomic E-state index is 0.0932. The molecule has 0 aromatic heterocycles. The zero-order chi connectivity index (χ0) is 25.9. The Balaban J connectivity index is 1.88. The summed E-state index contributed by atoms with van der Waals surface area (Å²) in [6, 6.07) is 3.63. The number of hydrogen-bond acceptors (Lipinski definition) is 13. The number of nitrogens with one attached hydrogen (secondary N) is 1. The zero-order valence-corrected chi connectivity index (χ0v) is 18.5. The lowest BCUT2D eigenvalue weighted by Crippen LogP contribution is -2.68. The Bertz CT molecular complexity index is 869. The van der Waals surface area contributed by atoms with Crippen molar-refractivity contribution in [3.05, 3.63) is 34.4 Å². The molecule has 3 rings (SSSR count). The number of non-ortho nitro benzene ring substituents is 1. The molecule has 0 unspecified atom stereocenters.